The highest BCUT2D eigenvalue weighted by atomic mass is 35.5. The van der Waals surface area contributed by atoms with E-state index in [1.165, 1.54) is 6.20 Å². The molecule has 1 aromatic carbocycles. The lowest BCUT2D eigenvalue weighted by molar-refractivity contribution is 0.0237. The molecule has 0 bridgehead atoms. The topological polar surface area (TPSA) is 72.0 Å². The average molecular weight is 444 g/mol. The SMILES string of the molecule is CC(=O)c1ccc(N2CCN(C(=O)c3cnc(OC4CCOCC4)c(Cl)c3)CC2)cc1. The Balaban J connectivity index is 1.34. The molecular weight excluding hydrogens is 418 g/mol. The van der Waals surface area contributed by atoms with Gasteiger partial charge in [-0.2, -0.15) is 0 Å². The first kappa shape index (κ1) is 21.6. The molecule has 2 aliphatic rings. The fourth-order valence-corrected chi connectivity index (χ4v) is 4.05. The molecule has 2 aromatic rings. The van der Waals surface area contributed by atoms with E-state index in [-0.39, 0.29) is 17.8 Å². The first-order valence-corrected chi connectivity index (χ1v) is 10.9. The molecule has 0 saturated carbocycles. The van der Waals surface area contributed by atoms with Gasteiger partial charge < -0.3 is 19.3 Å². The van der Waals surface area contributed by atoms with Gasteiger partial charge in [0.2, 0.25) is 5.88 Å². The number of pyridine rings is 1. The second-order valence-corrected chi connectivity index (χ2v) is 8.23. The fraction of sp³-hybridized carbons (Fsp3) is 0.435. The van der Waals surface area contributed by atoms with Gasteiger partial charge in [0.05, 0.1) is 18.8 Å². The van der Waals surface area contributed by atoms with Crippen molar-refractivity contribution in [3.8, 4) is 5.88 Å². The predicted octanol–water partition coefficient (Wildman–Crippen LogP) is 3.46. The maximum Gasteiger partial charge on any atom is 0.255 e. The minimum absolute atomic E-state index is 0.0397. The van der Waals surface area contributed by atoms with Gasteiger partial charge >= 0.3 is 0 Å². The number of aromatic nitrogens is 1. The summed E-state index contributed by atoms with van der Waals surface area (Å²) >= 11 is 6.35. The first-order valence-electron chi connectivity index (χ1n) is 10.6. The zero-order valence-electron chi connectivity index (χ0n) is 17.6. The number of ether oxygens (including phenoxy) is 2. The highest BCUT2D eigenvalue weighted by Crippen LogP contribution is 2.26. The quantitative estimate of drug-likeness (QED) is 0.659. The summed E-state index contributed by atoms with van der Waals surface area (Å²) < 4.78 is 11.2. The van der Waals surface area contributed by atoms with E-state index in [4.69, 9.17) is 21.1 Å². The number of benzene rings is 1. The molecule has 0 atom stereocenters. The molecule has 2 aliphatic heterocycles. The highest BCUT2D eigenvalue weighted by molar-refractivity contribution is 6.32. The van der Waals surface area contributed by atoms with Gasteiger partial charge in [-0.15, -0.1) is 0 Å². The Hall–Kier alpha value is -2.64. The number of anilines is 1. The number of hydrogen-bond donors (Lipinski definition) is 0. The second-order valence-electron chi connectivity index (χ2n) is 7.82. The summed E-state index contributed by atoms with van der Waals surface area (Å²) in [5.74, 6) is 0.334. The monoisotopic (exact) mass is 443 g/mol. The van der Waals surface area contributed by atoms with Gasteiger partial charge in [0.1, 0.15) is 11.1 Å². The number of ketones is 1. The Morgan fingerprint density at radius 3 is 2.35 bits per heavy atom. The summed E-state index contributed by atoms with van der Waals surface area (Å²) in [5.41, 5.74) is 2.21. The molecule has 164 valence electrons. The Labute approximate surface area is 186 Å². The number of halogens is 1. The van der Waals surface area contributed by atoms with Crippen molar-refractivity contribution < 1.29 is 19.1 Å². The smallest absolute Gasteiger partial charge is 0.255 e. The lowest BCUT2D eigenvalue weighted by atomic mass is 10.1. The van der Waals surface area contributed by atoms with Crippen LogP contribution in [0, 0.1) is 0 Å². The molecule has 0 radical (unpaired) electrons. The maximum atomic E-state index is 12.9. The summed E-state index contributed by atoms with van der Waals surface area (Å²) in [6.45, 7) is 5.55. The van der Waals surface area contributed by atoms with Crippen LogP contribution in [-0.4, -0.2) is 67.1 Å². The second kappa shape index (κ2) is 9.66. The van der Waals surface area contributed by atoms with Crippen LogP contribution in [0.4, 0.5) is 5.69 Å². The van der Waals surface area contributed by atoms with Gasteiger partial charge in [-0.25, -0.2) is 4.98 Å². The lowest BCUT2D eigenvalue weighted by Gasteiger charge is -2.36. The predicted molar refractivity (Wildman–Crippen MR) is 118 cm³/mol. The number of Topliss-reactive ketones (excluding diaryl/α,β-unsaturated/α-hetero) is 1. The van der Waals surface area contributed by atoms with E-state index in [0.717, 1.165) is 31.6 Å². The van der Waals surface area contributed by atoms with Crippen molar-refractivity contribution in [3.05, 3.63) is 52.7 Å². The van der Waals surface area contributed by atoms with Gasteiger partial charge in [-0.05, 0) is 37.3 Å². The van der Waals surface area contributed by atoms with Crippen molar-refractivity contribution in [2.75, 3.05) is 44.3 Å². The van der Waals surface area contributed by atoms with Crippen LogP contribution in [-0.2, 0) is 4.74 Å². The number of piperazine rings is 1. The third kappa shape index (κ3) is 5.17. The van der Waals surface area contributed by atoms with Crippen LogP contribution < -0.4 is 9.64 Å². The van der Waals surface area contributed by atoms with E-state index >= 15 is 0 Å². The number of amides is 1. The molecule has 0 N–H and O–H groups in total. The van der Waals surface area contributed by atoms with Crippen LogP contribution in [0.2, 0.25) is 5.02 Å². The van der Waals surface area contributed by atoms with Gasteiger partial charge in [0.25, 0.3) is 5.91 Å². The minimum Gasteiger partial charge on any atom is -0.473 e. The zero-order chi connectivity index (χ0) is 21.8. The number of hydrogen-bond acceptors (Lipinski definition) is 6. The molecule has 1 amide bonds. The maximum absolute atomic E-state index is 12.9. The third-order valence-corrected chi connectivity index (χ3v) is 5.98. The van der Waals surface area contributed by atoms with Crippen molar-refractivity contribution in [2.24, 2.45) is 0 Å². The molecule has 4 rings (SSSR count). The Kier molecular flexibility index (Phi) is 6.73. The van der Waals surface area contributed by atoms with E-state index in [1.807, 2.05) is 29.2 Å². The molecule has 2 fully saturated rings. The normalized spacial score (nSPS) is 17.5. The summed E-state index contributed by atoms with van der Waals surface area (Å²) in [6.07, 6.45) is 3.19. The zero-order valence-corrected chi connectivity index (χ0v) is 18.3. The average Bonchev–Trinajstić information content (AvgIpc) is 2.81. The van der Waals surface area contributed by atoms with E-state index in [0.29, 0.717) is 48.3 Å². The van der Waals surface area contributed by atoms with E-state index < -0.39 is 0 Å². The van der Waals surface area contributed by atoms with Crippen molar-refractivity contribution in [3.63, 3.8) is 0 Å². The summed E-state index contributed by atoms with van der Waals surface area (Å²) in [4.78, 5) is 32.7. The number of rotatable bonds is 5. The van der Waals surface area contributed by atoms with E-state index in [2.05, 4.69) is 9.88 Å². The number of carbonyl (C=O) groups excluding carboxylic acids is 2. The molecule has 8 heteroatoms. The number of carbonyl (C=O) groups is 2. The van der Waals surface area contributed by atoms with Crippen molar-refractivity contribution >= 4 is 29.0 Å². The molecule has 0 spiro atoms. The van der Waals surface area contributed by atoms with Crippen LogP contribution >= 0.6 is 11.6 Å². The summed E-state index contributed by atoms with van der Waals surface area (Å²) in [7, 11) is 0. The largest absolute Gasteiger partial charge is 0.473 e. The van der Waals surface area contributed by atoms with Gasteiger partial charge in [-0.1, -0.05) is 11.6 Å². The lowest BCUT2D eigenvalue weighted by Crippen LogP contribution is -2.48. The first-order chi connectivity index (χ1) is 15.0. The van der Waals surface area contributed by atoms with Crippen LogP contribution in [0.1, 0.15) is 40.5 Å². The molecule has 0 unspecified atom stereocenters. The van der Waals surface area contributed by atoms with Gasteiger partial charge in [0.15, 0.2) is 5.78 Å². The molecule has 0 aliphatic carbocycles. The van der Waals surface area contributed by atoms with Gasteiger partial charge in [-0.3, -0.25) is 9.59 Å². The van der Waals surface area contributed by atoms with Crippen molar-refractivity contribution in [2.45, 2.75) is 25.9 Å². The van der Waals surface area contributed by atoms with Crippen LogP contribution in [0.3, 0.4) is 0 Å². The van der Waals surface area contributed by atoms with E-state index in [9.17, 15) is 9.59 Å². The highest BCUT2D eigenvalue weighted by Gasteiger charge is 2.24. The summed E-state index contributed by atoms with van der Waals surface area (Å²) in [5, 5.41) is 0.349. The molecular formula is C23H26ClN3O4. The van der Waals surface area contributed by atoms with Crippen LogP contribution in [0.25, 0.3) is 0 Å². The molecule has 1 aromatic heterocycles. The van der Waals surface area contributed by atoms with Crippen LogP contribution in [0.5, 0.6) is 5.88 Å². The summed E-state index contributed by atoms with van der Waals surface area (Å²) in [6, 6.07) is 9.22. The van der Waals surface area contributed by atoms with Gasteiger partial charge in [0, 0.05) is 56.5 Å². The Morgan fingerprint density at radius 1 is 1.06 bits per heavy atom. The van der Waals surface area contributed by atoms with E-state index in [1.54, 1.807) is 13.0 Å². The Morgan fingerprint density at radius 2 is 1.74 bits per heavy atom. The molecule has 31 heavy (non-hydrogen) atoms. The standard InChI is InChI=1S/C23H26ClN3O4/c1-16(28)17-2-4-19(5-3-17)26-8-10-27(11-9-26)23(29)18-14-21(24)22(25-15-18)31-20-6-12-30-13-7-20/h2-5,14-15,20H,6-13H2,1H3. The number of nitrogens with zero attached hydrogens (tertiary/aromatic N) is 3. The Bertz CT molecular complexity index is 936. The molecule has 7 nitrogen and oxygen atoms in total. The minimum atomic E-state index is -0.0846. The third-order valence-electron chi connectivity index (χ3n) is 5.71. The molecule has 3 heterocycles. The van der Waals surface area contributed by atoms with Crippen molar-refractivity contribution in [1.29, 1.82) is 0 Å². The fourth-order valence-electron chi connectivity index (χ4n) is 3.84. The van der Waals surface area contributed by atoms with Crippen LogP contribution in [0.15, 0.2) is 36.5 Å². The van der Waals surface area contributed by atoms with Crippen molar-refractivity contribution in [1.82, 2.24) is 9.88 Å². The molecule has 2 saturated heterocycles.